The molecule has 0 saturated heterocycles. The number of hydrogen-bond donors (Lipinski definition) is 1. The molecule has 14 heavy (non-hydrogen) atoms. The van der Waals surface area contributed by atoms with Gasteiger partial charge in [0.05, 0.1) is 0 Å². The molecule has 2 saturated carbocycles. The summed E-state index contributed by atoms with van der Waals surface area (Å²) < 4.78 is 0. The van der Waals surface area contributed by atoms with Gasteiger partial charge in [0.25, 0.3) is 0 Å². The third-order valence-corrected chi connectivity index (χ3v) is 6.09. The van der Waals surface area contributed by atoms with Crippen LogP contribution in [-0.4, -0.2) is 27.9 Å². The van der Waals surface area contributed by atoms with Gasteiger partial charge in [-0.05, 0) is 0 Å². The molecule has 0 radical (unpaired) electrons. The Hall–Kier alpha value is 0.0284. The summed E-state index contributed by atoms with van der Waals surface area (Å²) in [5.41, 5.74) is 0.174. The molecule has 2 nitrogen and oxygen atoms in total. The first kappa shape index (κ1) is 10.5. The molecule has 80 valence electrons. The quantitative estimate of drug-likeness (QED) is 0.782. The van der Waals surface area contributed by atoms with Crippen LogP contribution in [0.3, 0.4) is 0 Å². The number of carboxylic acid groups (broad SMARTS) is 1. The summed E-state index contributed by atoms with van der Waals surface area (Å²) in [5.74, 6) is 1.23. The van der Waals surface area contributed by atoms with E-state index in [1.807, 2.05) is 0 Å². The van der Waals surface area contributed by atoms with Crippen molar-refractivity contribution in [3.63, 3.8) is 0 Å². The molecule has 0 aromatic carbocycles. The summed E-state index contributed by atoms with van der Waals surface area (Å²) in [4.78, 5) is 10.8. The molecule has 3 heteroatoms. The molecule has 0 aromatic heterocycles. The van der Waals surface area contributed by atoms with Crippen molar-refractivity contribution < 1.29 is 9.90 Å². The van der Waals surface area contributed by atoms with Crippen LogP contribution >= 0.6 is 0 Å². The summed E-state index contributed by atoms with van der Waals surface area (Å²) in [6.45, 7) is 0. The summed E-state index contributed by atoms with van der Waals surface area (Å²) in [6, 6.07) is 0. The molecule has 0 bridgehead atoms. The molecule has 2 aliphatic carbocycles. The van der Waals surface area contributed by atoms with E-state index < -0.39 is 5.97 Å². The van der Waals surface area contributed by atoms with Gasteiger partial charge in [0.15, 0.2) is 0 Å². The van der Waals surface area contributed by atoms with Gasteiger partial charge in [-0.3, -0.25) is 0 Å². The molecule has 2 rings (SSSR count). The Balaban J connectivity index is 2.01. The van der Waals surface area contributed by atoms with Crippen molar-refractivity contribution >= 4 is 22.8 Å². The van der Waals surface area contributed by atoms with Crippen molar-refractivity contribution in [2.24, 2.45) is 17.3 Å². The van der Waals surface area contributed by atoms with Crippen LogP contribution in [0.15, 0.2) is 0 Å². The van der Waals surface area contributed by atoms with Gasteiger partial charge in [0, 0.05) is 0 Å². The van der Waals surface area contributed by atoms with Gasteiger partial charge < -0.3 is 0 Å². The maximum absolute atomic E-state index is 10.8. The zero-order valence-electron chi connectivity index (χ0n) is 8.54. The van der Waals surface area contributed by atoms with E-state index in [0.29, 0.717) is 6.42 Å². The monoisotopic (exact) mass is 258 g/mol. The second-order valence-corrected chi connectivity index (χ2v) is 5.97. The predicted octanol–water partition coefficient (Wildman–Crippen LogP) is 1.71. The molecule has 2 aliphatic rings. The van der Waals surface area contributed by atoms with Gasteiger partial charge in [-0.25, -0.2) is 0 Å². The van der Waals surface area contributed by atoms with Crippen LogP contribution in [0.5, 0.6) is 0 Å². The van der Waals surface area contributed by atoms with E-state index >= 15 is 0 Å². The Kier molecular flexibility index (Phi) is 2.93. The molecule has 0 aromatic rings. The Bertz CT molecular complexity index is 241. The summed E-state index contributed by atoms with van der Waals surface area (Å²) in [5, 5.41) is 10.0. The number of carbonyl (C=O) groups is 1. The van der Waals surface area contributed by atoms with E-state index in [1.165, 1.54) is 32.1 Å². The molecule has 4 unspecified atom stereocenters. The number of rotatable bonds is 3. The Labute approximate surface area is 94.0 Å². The van der Waals surface area contributed by atoms with Crippen LogP contribution in [0.1, 0.15) is 38.5 Å². The molecular weight excluding hydrogens is 239 g/mol. The fourth-order valence-corrected chi connectivity index (χ4v) is 4.26. The minimum absolute atomic E-state index is 0.174. The molecule has 1 N–H and O–H groups in total. The van der Waals surface area contributed by atoms with Crippen LogP contribution < -0.4 is 0 Å². The first-order valence-corrected chi connectivity index (χ1v) is 7.28. The van der Waals surface area contributed by atoms with E-state index in [1.54, 1.807) is 16.9 Å². The second-order valence-electron chi connectivity index (χ2n) is 5.11. The van der Waals surface area contributed by atoms with Gasteiger partial charge in [-0.15, -0.1) is 0 Å². The van der Waals surface area contributed by atoms with Crippen LogP contribution in [0, 0.1) is 17.3 Å². The zero-order chi connectivity index (χ0) is 10.2. The van der Waals surface area contributed by atoms with Crippen LogP contribution in [0.25, 0.3) is 0 Å². The third-order valence-electron chi connectivity index (χ3n) is 4.27. The van der Waals surface area contributed by atoms with Crippen LogP contribution in [0.2, 0.25) is 5.21 Å². The normalized spacial score (nSPS) is 41.2. The standard InChI is InChI=1S/C11H19AsO2/c12-7-11(6-10(13)14)4-3-8-1-2-9(8)5-11/h8-9H,1-7,12H2,(H,13,14). The van der Waals surface area contributed by atoms with E-state index in [4.69, 9.17) is 5.11 Å². The zero-order valence-corrected chi connectivity index (χ0v) is 11.0. The Morgan fingerprint density at radius 2 is 2.07 bits per heavy atom. The second kappa shape index (κ2) is 3.88. The topological polar surface area (TPSA) is 37.3 Å². The SMILES string of the molecule is O=C(O)CC1(C[AsH2])CCC2CCC2C1. The molecule has 0 aliphatic heterocycles. The molecular formula is C11H19AsO2. The molecule has 2 fully saturated rings. The van der Waals surface area contributed by atoms with Crippen molar-refractivity contribution in [1.82, 2.24) is 0 Å². The Morgan fingerprint density at radius 1 is 1.36 bits per heavy atom. The fourth-order valence-electron chi connectivity index (χ4n) is 3.18. The van der Waals surface area contributed by atoms with Crippen molar-refractivity contribution in [3.05, 3.63) is 0 Å². The Morgan fingerprint density at radius 3 is 2.50 bits per heavy atom. The molecule has 0 amide bonds. The van der Waals surface area contributed by atoms with E-state index in [9.17, 15) is 4.79 Å². The average Bonchev–Trinajstić information content (AvgIpc) is 2.09. The fraction of sp³-hybridized carbons (Fsp3) is 0.909. The predicted molar refractivity (Wildman–Crippen MR) is 58.1 cm³/mol. The summed E-state index contributed by atoms with van der Waals surface area (Å²) in [6.07, 6.45) is 6.83. The van der Waals surface area contributed by atoms with Crippen molar-refractivity contribution in [2.45, 2.75) is 43.7 Å². The third kappa shape index (κ3) is 1.86. The van der Waals surface area contributed by atoms with E-state index in [0.717, 1.165) is 17.0 Å². The van der Waals surface area contributed by atoms with Gasteiger partial charge in [0.1, 0.15) is 0 Å². The van der Waals surface area contributed by atoms with Crippen molar-refractivity contribution in [2.75, 3.05) is 0 Å². The number of fused-ring (bicyclic) bond motifs is 1. The number of hydrogen-bond acceptors (Lipinski definition) is 1. The first-order chi connectivity index (χ1) is 6.65. The average molecular weight is 258 g/mol. The van der Waals surface area contributed by atoms with Gasteiger partial charge in [-0.1, -0.05) is 0 Å². The van der Waals surface area contributed by atoms with Crippen molar-refractivity contribution in [3.8, 4) is 0 Å². The van der Waals surface area contributed by atoms with E-state index in [-0.39, 0.29) is 5.41 Å². The number of aliphatic carboxylic acids is 1. The maximum atomic E-state index is 10.8. The first-order valence-electron chi connectivity index (χ1n) is 5.57. The van der Waals surface area contributed by atoms with Gasteiger partial charge in [0.2, 0.25) is 0 Å². The minimum atomic E-state index is -0.597. The summed E-state index contributed by atoms with van der Waals surface area (Å²) >= 11 is 1.70. The van der Waals surface area contributed by atoms with E-state index in [2.05, 4.69) is 0 Å². The molecule has 0 heterocycles. The molecule has 4 atom stereocenters. The van der Waals surface area contributed by atoms with Gasteiger partial charge >= 0.3 is 93.7 Å². The molecule has 0 spiro atoms. The van der Waals surface area contributed by atoms with Crippen molar-refractivity contribution in [1.29, 1.82) is 0 Å². The van der Waals surface area contributed by atoms with Gasteiger partial charge in [-0.2, -0.15) is 0 Å². The van der Waals surface area contributed by atoms with Crippen LogP contribution in [-0.2, 0) is 4.79 Å². The van der Waals surface area contributed by atoms with Crippen LogP contribution in [0.4, 0.5) is 0 Å². The summed E-state index contributed by atoms with van der Waals surface area (Å²) in [7, 11) is 0. The number of carboxylic acids is 1.